The zero-order valence-electron chi connectivity index (χ0n) is 11.8. The van der Waals surface area contributed by atoms with Crippen molar-refractivity contribution in [2.24, 2.45) is 7.05 Å². The summed E-state index contributed by atoms with van der Waals surface area (Å²) in [4.78, 5) is 14.4. The monoisotopic (exact) mass is 317 g/mol. The smallest absolute Gasteiger partial charge is 0.270 e. The lowest BCUT2D eigenvalue weighted by molar-refractivity contribution is 0.0672. The van der Waals surface area contributed by atoms with Gasteiger partial charge in [0.25, 0.3) is 5.91 Å². The Balaban J connectivity index is 0.00000147. The van der Waals surface area contributed by atoms with Crippen molar-refractivity contribution in [3.05, 3.63) is 23.0 Å². The fourth-order valence-corrected chi connectivity index (χ4v) is 3.68. The number of rotatable bonds is 2. The molecule has 0 radical (unpaired) electrons. The minimum atomic E-state index is 0. The Kier molecular flexibility index (Phi) is 4.67. The molecule has 0 aliphatic carbocycles. The van der Waals surface area contributed by atoms with Crippen molar-refractivity contribution in [3.8, 4) is 0 Å². The van der Waals surface area contributed by atoms with Crippen molar-refractivity contribution in [3.63, 3.8) is 0 Å². The van der Waals surface area contributed by atoms with Crippen LogP contribution in [0.5, 0.6) is 0 Å². The maximum atomic E-state index is 12.5. The molecule has 2 fully saturated rings. The Morgan fingerprint density at radius 2 is 2.00 bits per heavy atom. The molecule has 2 bridgehead atoms. The van der Waals surface area contributed by atoms with Gasteiger partial charge in [-0.1, -0.05) is 11.6 Å². The third-order valence-electron chi connectivity index (χ3n) is 4.51. The summed E-state index contributed by atoms with van der Waals surface area (Å²) < 4.78 is 1.80. The summed E-state index contributed by atoms with van der Waals surface area (Å²) in [5.74, 6) is 0.0701. The molecule has 6 heteroatoms. The highest BCUT2D eigenvalue weighted by atomic mass is 35.5. The van der Waals surface area contributed by atoms with Crippen LogP contribution >= 0.6 is 24.0 Å². The van der Waals surface area contributed by atoms with Crippen LogP contribution in [-0.4, -0.2) is 40.5 Å². The highest BCUT2D eigenvalue weighted by Crippen LogP contribution is 2.30. The maximum Gasteiger partial charge on any atom is 0.270 e. The van der Waals surface area contributed by atoms with Crippen LogP contribution in [0.4, 0.5) is 0 Å². The SMILES string of the molecule is CN(C(=O)c1cc(Cl)cn1C)C1CC2CCC(C1)N2.Cl. The summed E-state index contributed by atoms with van der Waals surface area (Å²) in [7, 11) is 3.78. The third kappa shape index (κ3) is 2.83. The van der Waals surface area contributed by atoms with E-state index in [2.05, 4.69) is 5.32 Å². The van der Waals surface area contributed by atoms with E-state index in [1.165, 1.54) is 12.8 Å². The topological polar surface area (TPSA) is 37.3 Å². The number of aromatic nitrogens is 1. The number of carbonyl (C=O) groups excluding carboxylic acids is 1. The first-order valence-corrected chi connectivity index (χ1v) is 7.27. The van der Waals surface area contributed by atoms with E-state index in [9.17, 15) is 4.79 Å². The quantitative estimate of drug-likeness (QED) is 0.909. The summed E-state index contributed by atoms with van der Waals surface area (Å²) in [6, 6.07) is 3.28. The average molecular weight is 318 g/mol. The lowest BCUT2D eigenvalue weighted by Crippen LogP contribution is -2.49. The van der Waals surface area contributed by atoms with E-state index in [1.54, 1.807) is 16.8 Å². The molecule has 1 aromatic rings. The van der Waals surface area contributed by atoms with Gasteiger partial charge in [-0.05, 0) is 31.7 Å². The molecule has 0 aromatic carbocycles. The zero-order chi connectivity index (χ0) is 13.6. The van der Waals surface area contributed by atoms with Crippen molar-refractivity contribution in [1.29, 1.82) is 0 Å². The second kappa shape index (κ2) is 5.96. The average Bonchev–Trinajstić information content (AvgIpc) is 2.89. The Hall–Kier alpha value is -0.710. The van der Waals surface area contributed by atoms with Crippen LogP contribution in [0.15, 0.2) is 12.3 Å². The van der Waals surface area contributed by atoms with Gasteiger partial charge in [0.2, 0.25) is 0 Å². The normalized spacial score (nSPS) is 28.1. The molecule has 2 aliphatic rings. The lowest BCUT2D eigenvalue weighted by Gasteiger charge is -2.35. The van der Waals surface area contributed by atoms with Crippen LogP contribution in [-0.2, 0) is 7.05 Å². The molecule has 112 valence electrons. The molecule has 2 saturated heterocycles. The van der Waals surface area contributed by atoms with Crippen molar-refractivity contribution < 1.29 is 4.79 Å². The minimum absolute atomic E-state index is 0. The summed E-state index contributed by atoms with van der Waals surface area (Å²) in [6.45, 7) is 0. The minimum Gasteiger partial charge on any atom is -0.345 e. The molecule has 20 heavy (non-hydrogen) atoms. The largest absolute Gasteiger partial charge is 0.345 e. The number of halogens is 2. The van der Waals surface area contributed by atoms with Gasteiger partial charge in [-0.15, -0.1) is 12.4 Å². The van der Waals surface area contributed by atoms with Crippen LogP contribution in [0.25, 0.3) is 0 Å². The molecule has 0 spiro atoms. The van der Waals surface area contributed by atoms with Gasteiger partial charge in [-0.3, -0.25) is 4.79 Å². The van der Waals surface area contributed by atoms with Crippen LogP contribution in [0.2, 0.25) is 5.02 Å². The molecule has 0 saturated carbocycles. The van der Waals surface area contributed by atoms with E-state index in [1.807, 2.05) is 19.0 Å². The van der Waals surface area contributed by atoms with Gasteiger partial charge in [0.05, 0.1) is 5.02 Å². The van der Waals surface area contributed by atoms with E-state index < -0.39 is 0 Å². The third-order valence-corrected chi connectivity index (χ3v) is 4.71. The number of aryl methyl sites for hydroxylation is 1. The molecular formula is C14H21Cl2N3O. The maximum absolute atomic E-state index is 12.5. The molecule has 3 rings (SSSR count). The molecule has 2 aliphatic heterocycles. The fraction of sp³-hybridized carbons (Fsp3) is 0.643. The second-order valence-corrected chi connectivity index (χ2v) is 6.27. The molecular weight excluding hydrogens is 297 g/mol. The van der Waals surface area contributed by atoms with E-state index in [0.717, 1.165) is 12.8 Å². The van der Waals surface area contributed by atoms with Gasteiger partial charge < -0.3 is 14.8 Å². The fourth-order valence-electron chi connectivity index (χ4n) is 3.43. The van der Waals surface area contributed by atoms with Gasteiger partial charge in [-0.2, -0.15) is 0 Å². The number of fused-ring (bicyclic) bond motifs is 2. The van der Waals surface area contributed by atoms with E-state index in [4.69, 9.17) is 11.6 Å². The van der Waals surface area contributed by atoms with Crippen molar-refractivity contribution in [1.82, 2.24) is 14.8 Å². The molecule has 2 unspecified atom stereocenters. The van der Waals surface area contributed by atoms with Crippen LogP contribution in [0, 0.1) is 0 Å². The first-order chi connectivity index (χ1) is 9.04. The summed E-state index contributed by atoms with van der Waals surface area (Å²) in [5, 5.41) is 4.22. The molecule has 3 heterocycles. The highest BCUT2D eigenvalue weighted by Gasteiger charge is 2.36. The second-order valence-electron chi connectivity index (χ2n) is 5.83. The number of nitrogens with one attached hydrogen (secondary N) is 1. The molecule has 2 atom stereocenters. The van der Waals surface area contributed by atoms with Gasteiger partial charge in [0.1, 0.15) is 5.69 Å². The van der Waals surface area contributed by atoms with Crippen LogP contribution in [0.1, 0.15) is 36.2 Å². The Morgan fingerprint density at radius 1 is 1.40 bits per heavy atom. The van der Waals surface area contributed by atoms with E-state index >= 15 is 0 Å². The van der Waals surface area contributed by atoms with Crippen LogP contribution < -0.4 is 5.32 Å². The Morgan fingerprint density at radius 3 is 2.50 bits per heavy atom. The van der Waals surface area contributed by atoms with Crippen molar-refractivity contribution >= 4 is 29.9 Å². The van der Waals surface area contributed by atoms with Crippen LogP contribution in [0.3, 0.4) is 0 Å². The number of hydrogen-bond acceptors (Lipinski definition) is 2. The highest BCUT2D eigenvalue weighted by molar-refractivity contribution is 6.31. The number of carbonyl (C=O) groups is 1. The first-order valence-electron chi connectivity index (χ1n) is 6.89. The molecule has 1 N–H and O–H groups in total. The first kappa shape index (κ1) is 15.7. The van der Waals surface area contributed by atoms with Gasteiger partial charge in [0.15, 0.2) is 0 Å². The number of amides is 1. The summed E-state index contributed by atoms with van der Waals surface area (Å²) in [5.41, 5.74) is 0.665. The standard InChI is InChI=1S/C14H20ClN3O.ClH/c1-17-8-9(15)5-13(17)14(19)18(2)12-6-10-3-4-11(7-12)16-10;/h5,8,10-12,16H,3-4,6-7H2,1-2H3;1H. The van der Waals surface area contributed by atoms with Gasteiger partial charge >= 0.3 is 0 Å². The van der Waals surface area contributed by atoms with Crippen molar-refractivity contribution in [2.45, 2.75) is 43.8 Å². The zero-order valence-corrected chi connectivity index (χ0v) is 13.4. The number of piperidine rings is 1. The predicted octanol–water partition coefficient (Wildman–Crippen LogP) is 2.46. The van der Waals surface area contributed by atoms with Crippen molar-refractivity contribution in [2.75, 3.05) is 7.05 Å². The summed E-state index contributed by atoms with van der Waals surface area (Å²) >= 11 is 5.95. The van der Waals surface area contributed by atoms with Gasteiger partial charge in [-0.25, -0.2) is 0 Å². The Labute approximate surface area is 130 Å². The number of hydrogen-bond donors (Lipinski definition) is 1. The summed E-state index contributed by atoms with van der Waals surface area (Å²) in [6.07, 6.45) is 6.40. The molecule has 1 aromatic heterocycles. The Bertz CT molecular complexity index is 491. The lowest BCUT2D eigenvalue weighted by atomic mass is 9.98. The van der Waals surface area contributed by atoms with Gasteiger partial charge in [0, 0.05) is 38.4 Å². The molecule has 4 nitrogen and oxygen atoms in total. The molecule has 1 amide bonds. The van der Waals surface area contributed by atoms with E-state index in [0.29, 0.717) is 28.8 Å². The van der Waals surface area contributed by atoms with E-state index in [-0.39, 0.29) is 18.3 Å². The predicted molar refractivity (Wildman–Crippen MR) is 82.7 cm³/mol. The number of nitrogens with zero attached hydrogens (tertiary/aromatic N) is 2.